The Labute approximate surface area is 118 Å². The summed E-state index contributed by atoms with van der Waals surface area (Å²) in [6.07, 6.45) is 0. The van der Waals surface area contributed by atoms with Crippen LogP contribution in [0, 0.1) is 0 Å². The predicted molar refractivity (Wildman–Crippen MR) is 76.5 cm³/mol. The van der Waals surface area contributed by atoms with Gasteiger partial charge in [-0.2, -0.15) is 0 Å². The second-order valence-corrected chi connectivity index (χ2v) is 7.16. The maximum atomic E-state index is 11.4. The SMILES string of the molecule is Cn1c(-c2ccccc2C(C)(C)C)nnc1S(N)(=O)=O. The fraction of sp³-hybridized carbons (Fsp3) is 0.385. The van der Waals surface area contributed by atoms with Gasteiger partial charge in [-0.25, -0.2) is 13.6 Å². The molecule has 20 heavy (non-hydrogen) atoms. The molecule has 2 N–H and O–H groups in total. The third-order valence-electron chi connectivity index (χ3n) is 3.07. The standard InChI is InChI=1S/C13H18N4O2S/c1-13(2,3)10-8-6-5-7-9(10)11-15-16-12(17(11)4)20(14,18)19/h5-8H,1-4H3,(H2,14,18,19). The first-order valence-electron chi connectivity index (χ1n) is 6.14. The summed E-state index contributed by atoms with van der Waals surface area (Å²) >= 11 is 0. The third-order valence-corrected chi connectivity index (χ3v) is 3.93. The summed E-state index contributed by atoms with van der Waals surface area (Å²) in [6.45, 7) is 6.26. The van der Waals surface area contributed by atoms with Crippen molar-refractivity contribution in [3.8, 4) is 11.4 Å². The zero-order valence-corrected chi connectivity index (χ0v) is 12.8. The largest absolute Gasteiger partial charge is 0.300 e. The molecule has 0 aliphatic rings. The molecule has 7 heteroatoms. The van der Waals surface area contributed by atoms with E-state index in [-0.39, 0.29) is 10.6 Å². The minimum absolute atomic E-state index is 0.0930. The van der Waals surface area contributed by atoms with Gasteiger partial charge in [0, 0.05) is 12.6 Å². The van der Waals surface area contributed by atoms with E-state index in [0.29, 0.717) is 5.82 Å². The summed E-state index contributed by atoms with van der Waals surface area (Å²) in [7, 11) is -2.29. The van der Waals surface area contributed by atoms with Gasteiger partial charge in [-0.15, -0.1) is 10.2 Å². The highest BCUT2D eigenvalue weighted by molar-refractivity contribution is 7.89. The van der Waals surface area contributed by atoms with Gasteiger partial charge in [0.15, 0.2) is 5.82 Å². The molecule has 2 rings (SSSR count). The van der Waals surface area contributed by atoms with Crippen molar-refractivity contribution >= 4 is 10.0 Å². The molecule has 0 aliphatic heterocycles. The van der Waals surface area contributed by atoms with Crippen molar-refractivity contribution in [2.45, 2.75) is 31.3 Å². The molecule has 108 valence electrons. The number of hydrogen-bond acceptors (Lipinski definition) is 4. The van der Waals surface area contributed by atoms with E-state index in [2.05, 4.69) is 31.0 Å². The van der Waals surface area contributed by atoms with Crippen molar-refractivity contribution in [3.05, 3.63) is 29.8 Å². The molecule has 1 aromatic heterocycles. The highest BCUT2D eigenvalue weighted by atomic mass is 32.2. The van der Waals surface area contributed by atoms with E-state index in [4.69, 9.17) is 5.14 Å². The van der Waals surface area contributed by atoms with Crippen LogP contribution in [0.2, 0.25) is 0 Å². The molecule has 0 saturated carbocycles. The molecular weight excluding hydrogens is 276 g/mol. The Hall–Kier alpha value is -1.73. The van der Waals surface area contributed by atoms with E-state index >= 15 is 0 Å². The number of sulfonamides is 1. The van der Waals surface area contributed by atoms with E-state index < -0.39 is 10.0 Å². The Kier molecular flexibility index (Phi) is 3.43. The van der Waals surface area contributed by atoms with Crippen LogP contribution in [0.3, 0.4) is 0 Å². The molecule has 0 unspecified atom stereocenters. The molecule has 0 radical (unpaired) electrons. The zero-order valence-electron chi connectivity index (χ0n) is 12.0. The number of hydrogen-bond donors (Lipinski definition) is 1. The molecule has 0 atom stereocenters. The molecule has 0 spiro atoms. The highest BCUT2D eigenvalue weighted by Crippen LogP contribution is 2.32. The lowest BCUT2D eigenvalue weighted by molar-refractivity contribution is 0.580. The van der Waals surface area contributed by atoms with E-state index in [1.54, 1.807) is 7.05 Å². The Morgan fingerprint density at radius 1 is 1.15 bits per heavy atom. The number of aromatic nitrogens is 3. The minimum Gasteiger partial charge on any atom is -0.300 e. The van der Waals surface area contributed by atoms with Gasteiger partial charge >= 0.3 is 0 Å². The van der Waals surface area contributed by atoms with E-state index in [0.717, 1.165) is 11.1 Å². The first-order valence-corrected chi connectivity index (χ1v) is 7.69. The number of benzene rings is 1. The van der Waals surface area contributed by atoms with Crippen LogP contribution in [0.25, 0.3) is 11.4 Å². The molecule has 6 nitrogen and oxygen atoms in total. The van der Waals surface area contributed by atoms with Gasteiger partial charge in [-0.1, -0.05) is 45.0 Å². The Bertz CT molecular complexity index is 742. The molecule has 2 aromatic rings. The summed E-state index contributed by atoms with van der Waals surface area (Å²) in [5, 5.41) is 12.5. The first kappa shape index (κ1) is 14.7. The Morgan fingerprint density at radius 3 is 2.25 bits per heavy atom. The maximum absolute atomic E-state index is 11.4. The van der Waals surface area contributed by atoms with Crippen molar-refractivity contribution in [2.75, 3.05) is 0 Å². The van der Waals surface area contributed by atoms with Gasteiger partial charge in [0.05, 0.1) is 0 Å². The topological polar surface area (TPSA) is 90.9 Å². The van der Waals surface area contributed by atoms with Crippen molar-refractivity contribution in [1.29, 1.82) is 0 Å². The van der Waals surface area contributed by atoms with Crippen LogP contribution in [-0.4, -0.2) is 23.2 Å². The normalized spacial score (nSPS) is 12.7. The van der Waals surface area contributed by atoms with Crippen LogP contribution in [0.1, 0.15) is 26.3 Å². The smallest absolute Gasteiger partial charge is 0.273 e. The average molecular weight is 294 g/mol. The summed E-state index contributed by atoms with van der Waals surface area (Å²) in [6, 6.07) is 7.73. The molecule has 1 aromatic carbocycles. The van der Waals surface area contributed by atoms with Crippen molar-refractivity contribution in [2.24, 2.45) is 12.2 Å². The Balaban J connectivity index is 2.69. The van der Waals surface area contributed by atoms with Crippen LogP contribution in [0.4, 0.5) is 0 Å². The molecule has 0 bridgehead atoms. The number of nitrogens with two attached hydrogens (primary N) is 1. The van der Waals surface area contributed by atoms with Crippen molar-refractivity contribution in [1.82, 2.24) is 14.8 Å². The third kappa shape index (κ3) is 2.59. The second kappa shape index (κ2) is 4.68. The zero-order chi connectivity index (χ0) is 15.1. The van der Waals surface area contributed by atoms with Gasteiger partial charge < -0.3 is 0 Å². The average Bonchev–Trinajstić information content (AvgIpc) is 2.69. The highest BCUT2D eigenvalue weighted by Gasteiger charge is 2.24. The first-order chi connectivity index (χ1) is 9.12. The number of primary sulfonamides is 1. The fourth-order valence-electron chi connectivity index (χ4n) is 2.13. The lowest BCUT2D eigenvalue weighted by Crippen LogP contribution is -2.18. The van der Waals surface area contributed by atoms with Gasteiger partial charge in [0.2, 0.25) is 0 Å². The predicted octanol–water partition coefficient (Wildman–Crippen LogP) is 1.43. The van der Waals surface area contributed by atoms with E-state index in [1.807, 2.05) is 24.3 Å². The molecule has 0 fully saturated rings. The summed E-state index contributed by atoms with van der Waals surface area (Å²) in [5.41, 5.74) is 1.82. The summed E-state index contributed by atoms with van der Waals surface area (Å²) < 4.78 is 24.3. The fourth-order valence-corrected chi connectivity index (χ4v) is 2.75. The van der Waals surface area contributed by atoms with Gasteiger partial charge in [0.25, 0.3) is 15.2 Å². The van der Waals surface area contributed by atoms with Gasteiger partial charge in [-0.3, -0.25) is 4.57 Å². The van der Waals surface area contributed by atoms with Gasteiger partial charge in [-0.05, 0) is 11.0 Å². The monoisotopic (exact) mass is 294 g/mol. The van der Waals surface area contributed by atoms with Crippen LogP contribution < -0.4 is 5.14 Å². The van der Waals surface area contributed by atoms with Gasteiger partial charge in [0.1, 0.15) is 0 Å². The lowest BCUT2D eigenvalue weighted by atomic mass is 9.83. The summed E-state index contributed by atoms with van der Waals surface area (Å²) in [4.78, 5) is 0. The van der Waals surface area contributed by atoms with Crippen LogP contribution in [-0.2, 0) is 22.5 Å². The van der Waals surface area contributed by atoms with Crippen LogP contribution >= 0.6 is 0 Å². The van der Waals surface area contributed by atoms with E-state index in [9.17, 15) is 8.42 Å². The minimum atomic E-state index is -3.88. The molecule has 0 aliphatic carbocycles. The quantitative estimate of drug-likeness (QED) is 0.907. The van der Waals surface area contributed by atoms with Crippen LogP contribution in [0.15, 0.2) is 29.4 Å². The molecule has 0 amide bonds. The second-order valence-electron chi connectivity index (χ2n) is 5.71. The number of rotatable bonds is 2. The molecular formula is C13H18N4O2S. The van der Waals surface area contributed by atoms with Crippen LogP contribution in [0.5, 0.6) is 0 Å². The summed E-state index contributed by atoms with van der Waals surface area (Å²) in [5.74, 6) is 0.486. The Morgan fingerprint density at radius 2 is 1.75 bits per heavy atom. The van der Waals surface area contributed by atoms with Crippen molar-refractivity contribution in [3.63, 3.8) is 0 Å². The molecule has 1 heterocycles. The van der Waals surface area contributed by atoms with Crippen molar-refractivity contribution < 1.29 is 8.42 Å². The van der Waals surface area contributed by atoms with E-state index in [1.165, 1.54) is 4.57 Å². The number of nitrogens with zero attached hydrogens (tertiary/aromatic N) is 3. The molecule has 0 saturated heterocycles. The maximum Gasteiger partial charge on any atom is 0.273 e. The lowest BCUT2D eigenvalue weighted by Gasteiger charge is -2.22.